The Balaban J connectivity index is 5.33. The fourth-order valence-electron chi connectivity index (χ4n) is 5.30. The molecule has 8 N–H and O–H groups in total. The molecule has 0 rings (SSSR count). The number of aliphatic hydroxyl groups excluding tert-OH is 1. The Kier molecular flexibility index (Phi) is 39.6. The van der Waals surface area contributed by atoms with E-state index >= 15 is 0 Å². The number of carbonyl (C=O) groups excluding carboxylic acids is 2. The van der Waals surface area contributed by atoms with Crippen LogP contribution in [0.2, 0.25) is 0 Å². The van der Waals surface area contributed by atoms with Gasteiger partial charge in [0, 0.05) is 23.8 Å². The van der Waals surface area contributed by atoms with E-state index < -0.39 is 81.1 Å². The maximum absolute atomic E-state index is 13.0. The first-order valence-electron chi connectivity index (χ1n) is 22.9. The van der Waals surface area contributed by atoms with E-state index in [1.165, 1.54) is 31.0 Å². The molecule has 0 aromatic heterocycles. The van der Waals surface area contributed by atoms with Gasteiger partial charge in [0.05, 0.1) is 19.3 Å². The zero-order valence-corrected chi connectivity index (χ0v) is 40.6. The van der Waals surface area contributed by atoms with Gasteiger partial charge in [-0.05, 0) is 77.0 Å². The topological polar surface area (TPSA) is 255 Å². The quantitative estimate of drug-likeness (QED) is 0.0110. The highest BCUT2D eigenvalue weighted by atomic mass is 32.2. The first kappa shape index (κ1) is 61.9. The molecule has 0 aromatic rings. The largest absolute Gasteiger partial charge is 0.481 e. The Labute approximate surface area is 397 Å². The standard InChI is InChI=1S/C49H77N2O13PS/c1-3-5-7-9-11-13-15-17-18-19-20-21-23-25-27-29-31-36-47(55)64-41(38-62-65(59,60)63-39-42(50)48(56)57)37-61-49(58)43(51)40-66-45(44(52)33-32-35-46(53)54)34-30-28-26-24-22-16-14-12-10-8-6-4-2/h5,7,11-14,17-18,20-22,24-28,30,34,41-45,52H,3-4,6,8-10,15-16,19,23,29,31-33,35-40,50-51H2,1-2H3,(H,53,54)(H,56,57)(H,59,60)/b7-5-,13-11-,14-12-,18-17-,21-20-,24-22-,27-25-,28-26+,34-30+/t41-,42+,43+,44+,45-/m1/s1. The van der Waals surface area contributed by atoms with Crippen molar-refractivity contribution >= 4 is 43.5 Å². The second-order valence-electron chi connectivity index (χ2n) is 15.0. The molecule has 0 bridgehead atoms. The minimum Gasteiger partial charge on any atom is -0.481 e. The summed E-state index contributed by atoms with van der Waals surface area (Å²) in [6, 6.07) is -2.82. The second kappa shape index (κ2) is 42.2. The lowest BCUT2D eigenvalue weighted by Crippen LogP contribution is -2.38. The zero-order valence-electron chi connectivity index (χ0n) is 38.9. The Hall–Kier alpha value is -4.12. The van der Waals surface area contributed by atoms with E-state index in [2.05, 4.69) is 73.1 Å². The molecular weight excluding hydrogens is 888 g/mol. The molecule has 0 aliphatic carbocycles. The van der Waals surface area contributed by atoms with Crippen molar-refractivity contribution in [1.82, 2.24) is 0 Å². The number of hydrogen-bond acceptors (Lipinski definition) is 13. The third-order valence-electron chi connectivity index (χ3n) is 9.00. The van der Waals surface area contributed by atoms with Crippen LogP contribution in [0.3, 0.4) is 0 Å². The van der Waals surface area contributed by atoms with Gasteiger partial charge in [0.1, 0.15) is 18.7 Å². The summed E-state index contributed by atoms with van der Waals surface area (Å²) in [4.78, 5) is 57.9. The van der Waals surface area contributed by atoms with E-state index in [9.17, 15) is 33.7 Å². The molecule has 66 heavy (non-hydrogen) atoms. The van der Waals surface area contributed by atoms with Crippen LogP contribution < -0.4 is 11.5 Å². The first-order chi connectivity index (χ1) is 31.7. The predicted molar refractivity (Wildman–Crippen MR) is 264 cm³/mol. The highest BCUT2D eigenvalue weighted by molar-refractivity contribution is 8.00. The molecule has 0 radical (unpaired) electrons. The van der Waals surface area contributed by atoms with Gasteiger partial charge < -0.3 is 41.2 Å². The maximum Gasteiger partial charge on any atom is 0.472 e. The van der Waals surface area contributed by atoms with Crippen LogP contribution in [-0.2, 0) is 42.3 Å². The Morgan fingerprint density at radius 1 is 0.652 bits per heavy atom. The lowest BCUT2D eigenvalue weighted by atomic mass is 10.1. The Bertz CT molecular complexity index is 1660. The van der Waals surface area contributed by atoms with E-state index in [1.54, 1.807) is 18.2 Å². The molecule has 15 nitrogen and oxygen atoms in total. The number of carboxylic acids is 2. The van der Waals surface area contributed by atoms with E-state index in [0.717, 1.165) is 44.9 Å². The molecule has 0 heterocycles. The molecule has 0 saturated carbocycles. The molecule has 0 aliphatic heterocycles. The van der Waals surface area contributed by atoms with Gasteiger partial charge in [-0.1, -0.05) is 136 Å². The second-order valence-corrected chi connectivity index (χ2v) is 17.7. The molecule has 0 aromatic carbocycles. The number of allylic oxidation sites excluding steroid dienone is 17. The lowest BCUT2D eigenvalue weighted by Gasteiger charge is -2.22. The van der Waals surface area contributed by atoms with Crippen molar-refractivity contribution in [2.75, 3.05) is 25.6 Å². The summed E-state index contributed by atoms with van der Waals surface area (Å²) in [7, 11) is -4.88. The number of aliphatic hydroxyl groups is 1. The molecule has 0 spiro atoms. The number of phosphoric ester groups is 1. The van der Waals surface area contributed by atoms with Gasteiger partial charge in [-0.3, -0.25) is 28.2 Å². The van der Waals surface area contributed by atoms with Gasteiger partial charge in [0.15, 0.2) is 6.10 Å². The first-order valence-corrected chi connectivity index (χ1v) is 25.4. The highest BCUT2D eigenvalue weighted by Crippen LogP contribution is 2.43. The molecule has 17 heteroatoms. The third kappa shape index (κ3) is 39.1. The number of ether oxygens (including phenoxy) is 2. The third-order valence-corrected chi connectivity index (χ3v) is 11.4. The van der Waals surface area contributed by atoms with Crippen LogP contribution >= 0.6 is 19.6 Å². The summed E-state index contributed by atoms with van der Waals surface area (Å²) in [6.07, 6.45) is 45.0. The van der Waals surface area contributed by atoms with Crippen LogP contribution in [0.25, 0.3) is 0 Å². The number of esters is 2. The Morgan fingerprint density at radius 2 is 1.21 bits per heavy atom. The molecule has 0 saturated heterocycles. The zero-order chi connectivity index (χ0) is 49.1. The minimum absolute atomic E-state index is 0.0156. The smallest absolute Gasteiger partial charge is 0.472 e. The van der Waals surface area contributed by atoms with Crippen molar-refractivity contribution in [3.05, 3.63) is 109 Å². The SMILES string of the molecule is CC/C=C\C/C=C\C/C=C\C/C=C\C/C=C\CCCC(=O)O[C@H](COC(=O)[C@@H](N)CS[C@H](/C=C/C=C/C=C\C/C=C\CCCCC)[C@@H](O)CCCC(=O)O)COP(=O)(O)OC[C@H](N)C(=O)O. The summed E-state index contributed by atoms with van der Waals surface area (Å²) in [5.74, 6) is -4.06. The molecule has 0 fully saturated rings. The maximum atomic E-state index is 13.0. The van der Waals surface area contributed by atoms with Crippen molar-refractivity contribution in [1.29, 1.82) is 0 Å². The number of phosphoric acid groups is 1. The highest BCUT2D eigenvalue weighted by Gasteiger charge is 2.29. The average Bonchev–Trinajstić information content (AvgIpc) is 3.28. The monoisotopic (exact) mass is 964 g/mol. The number of unbranched alkanes of at least 4 members (excludes halogenated alkanes) is 4. The van der Waals surface area contributed by atoms with Crippen LogP contribution in [0, 0.1) is 0 Å². The minimum atomic E-state index is -4.88. The molecule has 6 atom stereocenters. The van der Waals surface area contributed by atoms with Gasteiger partial charge in [0.2, 0.25) is 0 Å². The van der Waals surface area contributed by atoms with Crippen molar-refractivity contribution in [3.63, 3.8) is 0 Å². The normalized spacial score (nSPS) is 15.9. The van der Waals surface area contributed by atoms with Crippen LogP contribution in [-0.4, -0.2) is 99.2 Å². The number of carboxylic acid groups (broad SMARTS) is 2. The number of thioether (sulfide) groups is 1. The molecule has 372 valence electrons. The predicted octanol–water partition coefficient (Wildman–Crippen LogP) is 9.15. The van der Waals surface area contributed by atoms with Crippen LogP contribution in [0.1, 0.15) is 117 Å². The van der Waals surface area contributed by atoms with Crippen molar-refractivity contribution < 1.29 is 62.5 Å². The fourth-order valence-corrected chi connectivity index (χ4v) is 7.21. The molecular formula is C49H77N2O13PS. The van der Waals surface area contributed by atoms with Crippen LogP contribution in [0.5, 0.6) is 0 Å². The Morgan fingerprint density at radius 3 is 1.80 bits per heavy atom. The van der Waals surface area contributed by atoms with Crippen LogP contribution in [0.15, 0.2) is 109 Å². The van der Waals surface area contributed by atoms with Crippen molar-refractivity contribution in [2.24, 2.45) is 11.5 Å². The van der Waals surface area contributed by atoms with E-state index in [0.29, 0.717) is 12.8 Å². The number of carbonyl (C=O) groups is 4. The summed E-state index contributed by atoms with van der Waals surface area (Å²) < 4.78 is 32.8. The summed E-state index contributed by atoms with van der Waals surface area (Å²) in [5, 5.41) is 28.3. The number of aliphatic carboxylic acids is 2. The number of hydrogen-bond donors (Lipinski definition) is 6. The summed E-state index contributed by atoms with van der Waals surface area (Å²) in [6.45, 7) is 2.06. The molecule has 0 amide bonds. The van der Waals surface area contributed by atoms with E-state index in [-0.39, 0.29) is 31.4 Å². The lowest BCUT2D eigenvalue weighted by molar-refractivity contribution is -0.161. The van der Waals surface area contributed by atoms with Crippen molar-refractivity contribution in [2.45, 2.75) is 146 Å². The van der Waals surface area contributed by atoms with Crippen LogP contribution in [0.4, 0.5) is 0 Å². The molecule has 1 unspecified atom stereocenters. The van der Waals surface area contributed by atoms with E-state index in [4.69, 9.17) is 35.7 Å². The number of rotatable bonds is 41. The average molecular weight is 965 g/mol. The van der Waals surface area contributed by atoms with Gasteiger partial charge in [-0.15, -0.1) is 11.8 Å². The fraction of sp³-hybridized carbons (Fsp3) is 0.551. The number of nitrogens with two attached hydrogens (primary N) is 2. The molecule has 0 aliphatic rings. The summed E-state index contributed by atoms with van der Waals surface area (Å²) in [5.41, 5.74) is 11.5. The van der Waals surface area contributed by atoms with Gasteiger partial charge in [0.25, 0.3) is 0 Å². The van der Waals surface area contributed by atoms with Gasteiger partial charge >= 0.3 is 31.7 Å². The van der Waals surface area contributed by atoms with Gasteiger partial charge in [-0.2, -0.15) is 0 Å². The van der Waals surface area contributed by atoms with Gasteiger partial charge in [-0.25, -0.2) is 4.57 Å². The van der Waals surface area contributed by atoms with E-state index in [1.807, 2.05) is 36.5 Å². The summed E-state index contributed by atoms with van der Waals surface area (Å²) >= 11 is 1.17. The van der Waals surface area contributed by atoms with Crippen molar-refractivity contribution in [3.8, 4) is 0 Å².